The van der Waals surface area contributed by atoms with E-state index >= 15 is 0 Å². The minimum absolute atomic E-state index is 0.119. The molecule has 3 N–H and O–H groups in total. The molecule has 0 aliphatic heterocycles. The van der Waals surface area contributed by atoms with E-state index in [1.807, 2.05) is 95.0 Å². The second kappa shape index (κ2) is 28.9. The summed E-state index contributed by atoms with van der Waals surface area (Å²) in [5.74, 6) is 0.688. The third-order valence-corrected chi connectivity index (χ3v) is 19.2. The van der Waals surface area contributed by atoms with Crippen molar-refractivity contribution in [2.24, 2.45) is 0 Å². The molecule has 0 radical (unpaired) electrons. The Hall–Kier alpha value is -7.28. The molecule has 4 aromatic carbocycles. The summed E-state index contributed by atoms with van der Waals surface area (Å²) < 4.78 is 36.6. The molecular weight excluding hydrogens is 1310 g/mol. The molecule has 22 nitrogen and oxygen atoms in total. The maximum absolute atomic E-state index is 12.6. The zero-order chi connectivity index (χ0) is 61.3. The van der Waals surface area contributed by atoms with Gasteiger partial charge in [0.2, 0.25) is 17.1 Å². The van der Waals surface area contributed by atoms with Gasteiger partial charge < -0.3 is 33.5 Å². The number of nitrogens with zero attached hydrogens (tertiary/aromatic N) is 10. The SMILES string of the molecule is CCOC(=O)c1n[nH]nc1Sc1nc(-c2ccc(OC3CC3)c(Cl)c2)cs1.CCOC(=O)c1nnn(Cc2ccc(OC)cc2)c1Sc1nc(-c2ccc(OC3CC3)c(Cl)c2)cs1.O=C(O)c1n[nH]nc1Sc1nc(-c2ccc(OC3CC3)c(Cl)c2)cs1. The van der Waals surface area contributed by atoms with Gasteiger partial charge >= 0.3 is 17.9 Å². The van der Waals surface area contributed by atoms with Gasteiger partial charge in [-0.05, 0) is 160 Å². The fraction of sp³-hybridized carbons (Fsp3) is 0.263. The average Bonchev–Trinajstić information content (AvgIpc) is 4.47. The van der Waals surface area contributed by atoms with Crippen molar-refractivity contribution in [3.8, 4) is 56.8 Å². The Morgan fingerprint density at radius 1 is 0.580 bits per heavy atom. The van der Waals surface area contributed by atoms with Gasteiger partial charge in [-0.25, -0.2) is 34.0 Å². The minimum Gasteiger partial charge on any atom is -0.497 e. The molecule has 3 fully saturated rings. The monoisotopic (exact) mass is 1360 g/mol. The van der Waals surface area contributed by atoms with Crippen molar-refractivity contribution >= 4 is 122 Å². The van der Waals surface area contributed by atoms with Crippen molar-refractivity contribution in [3.05, 3.63) is 133 Å². The second-order valence-corrected chi connectivity index (χ2v) is 26.6. The number of aromatic amines is 2. The fourth-order valence-electron chi connectivity index (χ4n) is 7.72. The molecule has 0 saturated heterocycles. The smallest absolute Gasteiger partial charge is 0.361 e. The number of hydrogen-bond acceptors (Lipinski definition) is 24. The molecule has 6 heterocycles. The number of rotatable bonds is 23. The Labute approximate surface area is 541 Å². The first-order valence-electron chi connectivity index (χ1n) is 27.0. The van der Waals surface area contributed by atoms with E-state index in [4.69, 9.17) is 73.3 Å². The van der Waals surface area contributed by atoms with E-state index in [1.54, 1.807) is 25.6 Å². The van der Waals surface area contributed by atoms with Crippen molar-refractivity contribution in [1.29, 1.82) is 0 Å². The Bertz CT molecular complexity index is 4090. The standard InChI is InChI=1S/C25H23ClN4O4S2.C17H15ClN4O3S2.C15H11ClN4O3S2/c1-3-33-24(31)22-23(30(29-28-22)13-15-4-7-17(32-2)8-5-15)36-25-27-20(14-35-25)16-6-11-21(19(26)12-16)34-18-9-10-18;1-2-24-16(23)14-15(21-22-20-14)27-17-19-12(8-26-17)9-3-6-13(11(18)7-9)25-10-4-5-10;16-9-5-7(1-4-11(9)23-8-2-3-8)10-6-24-15(17-10)25-13-12(14(21)22)18-20-19-13/h4-8,11-12,14,18H,3,9-10,13H2,1-2H3;3,6-8,10H,2,4-5H2,1H3,(H,20,21,22);1,4-6,8H,2-3H2,(H,21,22)(H,18,19,20). The summed E-state index contributed by atoms with van der Waals surface area (Å²) in [6.07, 6.45) is 7.33. The Kier molecular flexibility index (Phi) is 20.5. The van der Waals surface area contributed by atoms with Crippen molar-refractivity contribution in [2.45, 2.75) is 105 Å². The number of methoxy groups -OCH3 is 1. The topological polar surface area (TPSA) is 279 Å². The number of carbonyl (C=O) groups is 3. The summed E-state index contributed by atoms with van der Waals surface area (Å²) in [5.41, 5.74) is 6.19. The van der Waals surface area contributed by atoms with Gasteiger partial charge in [0.05, 0.1) is 77.3 Å². The van der Waals surface area contributed by atoms with E-state index in [9.17, 15) is 14.4 Å². The van der Waals surface area contributed by atoms with Gasteiger partial charge in [0, 0.05) is 32.8 Å². The molecule has 31 heteroatoms. The lowest BCUT2D eigenvalue weighted by Crippen LogP contribution is -2.08. The number of nitrogens with one attached hydrogen (secondary N) is 2. The normalized spacial score (nSPS) is 13.4. The van der Waals surface area contributed by atoms with Crippen LogP contribution in [-0.4, -0.2) is 122 Å². The van der Waals surface area contributed by atoms with Crippen LogP contribution in [0.1, 0.15) is 89.4 Å². The molecule has 0 amide bonds. The van der Waals surface area contributed by atoms with Gasteiger partial charge in [-0.3, -0.25) is 0 Å². The molecule has 454 valence electrons. The quantitative estimate of drug-likeness (QED) is 0.0502. The highest BCUT2D eigenvalue weighted by Crippen LogP contribution is 2.42. The van der Waals surface area contributed by atoms with Crippen molar-refractivity contribution in [3.63, 3.8) is 0 Å². The van der Waals surface area contributed by atoms with Gasteiger partial charge in [0.15, 0.2) is 23.1 Å². The van der Waals surface area contributed by atoms with E-state index in [2.05, 4.69) is 51.1 Å². The van der Waals surface area contributed by atoms with Crippen molar-refractivity contribution in [1.82, 2.24) is 60.8 Å². The lowest BCUT2D eigenvalue weighted by Gasteiger charge is -2.08. The second-order valence-electron chi connectivity index (χ2n) is 19.1. The molecule has 0 spiro atoms. The number of carbonyl (C=O) groups excluding carboxylic acids is 2. The van der Waals surface area contributed by atoms with Crippen LogP contribution in [0.15, 0.2) is 123 Å². The van der Waals surface area contributed by atoms with Crippen LogP contribution in [0, 0.1) is 0 Å². The highest BCUT2D eigenvalue weighted by atomic mass is 35.5. The van der Waals surface area contributed by atoms with E-state index in [-0.39, 0.29) is 47.5 Å². The Morgan fingerprint density at radius 2 is 1.00 bits per heavy atom. The lowest BCUT2D eigenvalue weighted by molar-refractivity contribution is 0.0505. The van der Waals surface area contributed by atoms with Gasteiger partial charge in [0.25, 0.3) is 0 Å². The van der Waals surface area contributed by atoms with Crippen molar-refractivity contribution < 1.29 is 47.9 Å². The molecule has 3 aliphatic rings. The molecule has 13 rings (SSSR count). The van der Waals surface area contributed by atoms with Gasteiger partial charge in [0.1, 0.15) is 28.0 Å². The van der Waals surface area contributed by atoms with Crippen LogP contribution in [0.3, 0.4) is 0 Å². The summed E-state index contributed by atoms with van der Waals surface area (Å²) in [6, 6.07) is 24.6. The molecule has 0 unspecified atom stereocenters. The van der Waals surface area contributed by atoms with E-state index in [0.29, 0.717) is 59.4 Å². The molecular formula is C57H49Cl3N12O10S6. The third-order valence-electron chi connectivity index (χ3n) is 12.5. The number of carboxylic acid groups (broad SMARTS) is 1. The zero-order valence-corrected chi connectivity index (χ0v) is 53.7. The number of H-pyrrole nitrogens is 2. The molecule has 10 aromatic rings. The number of aromatic carboxylic acids is 1. The van der Waals surface area contributed by atoms with Crippen LogP contribution in [0.2, 0.25) is 15.1 Å². The zero-order valence-electron chi connectivity index (χ0n) is 46.5. The first-order valence-corrected chi connectivity index (χ1v) is 33.2. The number of thiazole rings is 3. The maximum atomic E-state index is 12.6. The summed E-state index contributed by atoms with van der Waals surface area (Å²) in [5, 5.41) is 46.2. The predicted molar refractivity (Wildman–Crippen MR) is 335 cm³/mol. The summed E-state index contributed by atoms with van der Waals surface area (Å²) in [6.45, 7) is 4.44. The molecule has 3 saturated carbocycles. The highest BCUT2D eigenvalue weighted by molar-refractivity contribution is 8.01. The van der Waals surface area contributed by atoms with Crippen LogP contribution >= 0.6 is 104 Å². The first kappa shape index (κ1) is 62.3. The Balaban J connectivity index is 0.000000139. The number of halogens is 3. The van der Waals surface area contributed by atoms with Crippen LogP contribution < -0.4 is 18.9 Å². The highest BCUT2D eigenvalue weighted by Gasteiger charge is 2.29. The van der Waals surface area contributed by atoms with Crippen LogP contribution in [-0.2, 0) is 16.0 Å². The third kappa shape index (κ3) is 16.3. The van der Waals surface area contributed by atoms with E-state index in [0.717, 1.165) is 104 Å². The van der Waals surface area contributed by atoms with Gasteiger partial charge in [-0.15, -0.1) is 59.5 Å². The van der Waals surface area contributed by atoms with Crippen LogP contribution in [0.25, 0.3) is 33.8 Å². The number of benzene rings is 4. The minimum atomic E-state index is -1.13. The number of aromatic nitrogens is 12. The maximum Gasteiger partial charge on any atom is 0.361 e. The fourth-order valence-corrected chi connectivity index (χ4v) is 13.8. The summed E-state index contributed by atoms with van der Waals surface area (Å²) in [7, 11) is 1.62. The predicted octanol–water partition coefficient (Wildman–Crippen LogP) is 14.4. The number of ether oxygens (including phenoxy) is 6. The van der Waals surface area contributed by atoms with Crippen molar-refractivity contribution in [2.75, 3.05) is 20.3 Å². The van der Waals surface area contributed by atoms with Crippen LogP contribution in [0.5, 0.6) is 23.0 Å². The van der Waals surface area contributed by atoms with E-state index < -0.39 is 17.9 Å². The Morgan fingerprint density at radius 3 is 1.41 bits per heavy atom. The number of esters is 2. The number of hydrogen-bond donors (Lipinski definition) is 3. The summed E-state index contributed by atoms with van der Waals surface area (Å²) in [4.78, 5) is 49.4. The van der Waals surface area contributed by atoms with Gasteiger partial charge in [-0.1, -0.05) is 52.1 Å². The van der Waals surface area contributed by atoms with E-state index in [1.165, 1.54) is 57.5 Å². The van der Waals surface area contributed by atoms with Gasteiger partial charge in [-0.2, -0.15) is 10.4 Å². The lowest BCUT2D eigenvalue weighted by atomic mass is 10.2. The molecule has 6 aromatic heterocycles. The molecule has 0 atom stereocenters. The first-order chi connectivity index (χ1) is 42.8. The molecule has 0 bridgehead atoms. The average molecular weight is 1360 g/mol. The molecule has 88 heavy (non-hydrogen) atoms. The molecule has 3 aliphatic carbocycles. The number of carboxylic acids is 1. The summed E-state index contributed by atoms with van der Waals surface area (Å²) >= 11 is 27.1. The largest absolute Gasteiger partial charge is 0.497 e. The van der Waals surface area contributed by atoms with Crippen LogP contribution in [0.4, 0.5) is 0 Å².